The largest absolute Gasteiger partial charge is 0.287 e. The van der Waals surface area contributed by atoms with Gasteiger partial charge in [-0.05, 0) is 28.1 Å². The molecule has 2 aromatic rings. The fourth-order valence-corrected chi connectivity index (χ4v) is 1.93. The van der Waals surface area contributed by atoms with Gasteiger partial charge in [0, 0.05) is 18.8 Å². The van der Waals surface area contributed by atoms with Gasteiger partial charge in [-0.1, -0.05) is 16.8 Å². The minimum atomic E-state index is -0.205. The van der Waals surface area contributed by atoms with E-state index < -0.39 is 0 Å². The third-order valence-electron chi connectivity index (χ3n) is 1.99. The number of halogens is 2. The summed E-state index contributed by atoms with van der Waals surface area (Å²) in [4.78, 5) is 15.9. The zero-order valence-electron chi connectivity index (χ0n) is 8.19. The van der Waals surface area contributed by atoms with Crippen molar-refractivity contribution < 1.29 is 4.79 Å². The zero-order valence-corrected chi connectivity index (χ0v) is 10.5. The first-order chi connectivity index (χ1) is 7.59. The quantitative estimate of drug-likeness (QED) is 0.627. The molecule has 16 heavy (non-hydrogen) atoms. The molecule has 0 aliphatic rings. The summed E-state index contributed by atoms with van der Waals surface area (Å²) in [5, 5.41) is 7.76. The molecule has 0 amide bonds. The number of ketones is 1. The maximum absolute atomic E-state index is 12.1. The summed E-state index contributed by atoms with van der Waals surface area (Å²) in [6, 6.07) is 3.09. The molecule has 2 aromatic heterocycles. The molecule has 0 spiro atoms. The van der Waals surface area contributed by atoms with E-state index in [9.17, 15) is 4.79 Å². The highest BCUT2D eigenvalue weighted by atomic mass is 79.9. The van der Waals surface area contributed by atoms with Crippen molar-refractivity contribution >= 4 is 33.3 Å². The summed E-state index contributed by atoms with van der Waals surface area (Å²) < 4.78 is 1.81. The Morgan fingerprint density at radius 1 is 1.56 bits per heavy atom. The third-order valence-corrected chi connectivity index (χ3v) is 2.73. The molecule has 0 unspecified atom stereocenters. The highest BCUT2D eigenvalue weighted by Gasteiger charge is 2.18. The van der Waals surface area contributed by atoms with Crippen molar-refractivity contribution in [1.29, 1.82) is 0 Å². The lowest BCUT2D eigenvalue weighted by atomic mass is 10.1. The minimum Gasteiger partial charge on any atom is -0.287 e. The van der Waals surface area contributed by atoms with Crippen LogP contribution in [0.15, 0.2) is 22.9 Å². The Bertz CT molecular complexity index is 535. The first-order valence-corrected chi connectivity index (χ1v) is 5.48. The maximum Gasteiger partial charge on any atom is 0.214 e. The molecule has 0 saturated heterocycles. The molecule has 7 heteroatoms. The summed E-state index contributed by atoms with van der Waals surface area (Å²) in [5.41, 5.74) is 0.827. The number of aryl methyl sites for hydroxylation is 1. The molecule has 0 aliphatic heterocycles. The van der Waals surface area contributed by atoms with Crippen LogP contribution in [-0.2, 0) is 7.05 Å². The van der Waals surface area contributed by atoms with Gasteiger partial charge >= 0.3 is 0 Å². The molecule has 2 heterocycles. The molecule has 0 fully saturated rings. The number of carbonyl (C=O) groups is 1. The zero-order chi connectivity index (χ0) is 11.7. The topological polar surface area (TPSA) is 60.7 Å². The summed E-state index contributed by atoms with van der Waals surface area (Å²) in [7, 11) is 1.65. The normalized spacial score (nSPS) is 10.4. The van der Waals surface area contributed by atoms with Gasteiger partial charge in [0.1, 0.15) is 10.8 Å². The van der Waals surface area contributed by atoms with E-state index in [4.69, 9.17) is 11.6 Å². The van der Waals surface area contributed by atoms with Crippen LogP contribution in [0.3, 0.4) is 0 Å². The highest BCUT2D eigenvalue weighted by Crippen LogP contribution is 2.17. The van der Waals surface area contributed by atoms with Gasteiger partial charge < -0.3 is 0 Å². The van der Waals surface area contributed by atoms with Gasteiger partial charge in [-0.25, -0.2) is 9.67 Å². The Kier molecular flexibility index (Phi) is 3.02. The van der Waals surface area contributed by atoms with Gasteiger partial charge in [0.2, 0.25) is 5.78 Å². The van der Waals surface area contributed by atoms with Crippen molar-refractivity contribution in [3.05, 3.63) is 39.3 Å². The Labute approximate surface area is 105 Å². The average molecular weight is 302 g/mol. The van der Waals surface area contributed by atoms with Crippen LogP contribution < -0.4 is 0 Å². The molecule has 5 nitrogen and oxygen atoms in total. The summed E-state index contributed by atoms with van der Waals surface area (Å²) >= 11 is 8.89. The second-order valence-electron chi connectivity index (χ2n) is 3.05. The van der Waals surface area contributed by atoms with Crippen LogP contribution in [0.4, 0.5) is 0 Å². The van der Waals surface area contributed by atoms with Gasteiger partial charge in [0.15, 0.2) is 4.60 Å². The molecule has 2 rings (SSSR count). The fourth-order valence-electron chi connectivity index (χ4n) is 1.25. The van der Waals surface area contributed by atoms with Crippen LogP contribution in [-0.4, -0.2) is 25.8 Å². The first kappa shape index (κ1) is 11.2. The highest BCUT2D eigenvalue weighted by molar-refractivity contribution is 9.10. The van der Waals surface area contributed by atoms with Gasteiger partial charge in [-0.15, -0.1) is 5.10 Å². The van der Waals surface area contributed by atoms with Gasteiger partial charge in [0.05, 0.1) is 0 Å². The molecule has 0 bridgehead atoms. The Morgan fingerprint density at radius 3 is 2.88 bits per heavy atom. The van der Waals surface area contributed by atoms with Crippen molar-refractivity contribution in [3.8, 4) is 0 Å². The first-order valence-electron chi connectivity index (χ1n) is 4.31. The second kappa shape index (κ2) is 4.31. The van der Waals surface area contributed by atoms with Crippen molar-refractivity contribution in [2.75, 3.05) is 0 Å². The SMILES string of the molecule is Cn1nnc(Br)c1C(=O)c1ccnc(Cl)c1. The molecule has 0 aromatic carbocycles. The number of hydrogen-bond donors (Lipinski definition) is 0. The number of rotatable bonds is 2. The van der Waals surface area contributed by atoms with Crippen molar-refractivity contribution in [3.63, 3.8) is 0 Å². The Balaban J connectivity index is 2.47. The van der Waals surface area contributed by atoms with Crippen LogP contribution in [0.1, 0.15) is 16.1 Å². The number of nitrogens with zero attached hydrogens (tertiary/aromatic N) is 4. The van der Waals surface area contributed by atoms with Crippen LogP contribution in [0, 0.1) is 0 Å². The van der Waals surface area contributed by atoms with Crippen LogP contribution >= 0.6 is 27.5 Å². The van der Waals surface area contributed by atoms with Crippen LogP contribution in [0.5, 0.6) is 0 Å². The maximum atomic E-state index is 12.1. The lowest BCUT2D eigenvalue weighted by Crippen LogP contribution is -2.09. The third kappa shape index (κ3) is 1.98. The lowest BCUT2D eigenvalue weighted by molar-refractivity contribution is 0.102. The standard InChI is InChI=1S/C9H6BrClN4O/c1-15-7(9(10)13-14-15)8(16)5-2-3-12-6(11)4-5/h2-4H,1H3. The lowest BCUT2D eigenvalue weighted by Gasteiger charge is -2.01. The number of pyridine rings is 1. The van der Waals surface area contributed by atoms with Crippen molar-refractivity contribution in [2.45, 2.75) is 0 Å². The molecular formula is C9H6BrClN4O. The Hall–Kier alpha value is -1.27. The monoisotopic (exact) mass is 300 g/mol. The van der Waals surface area contributed by atoms with E-state index in [2.05, 4.69) is 31.2 Å². The van der Waals surface area contributed by atoms with E-state index in [0.29, 0.717) is 15.9 Å². The molecule has 0 saturated carbocycles. The fraction of sp³-hybridized carbons (Fsp3) is 0.111. The van der Waals surface area contributed by atoms with Crippen LogP contribution in [0.25, 0.3) is 0 Å². The summed E-state index contributed by atoms with van der Waals surface area (Å²) in [6.07, 6.45) is 1.48. The molecule has 0 radical (unpaired) electrons. The summed E-state index contributed by atoms with van der Waals surface area (Å²) in [5.74, 6) is -0.205. The van der Waals surface area contributed by atoms with Crippen molar-refractivity contribution in [2.24, 2.45) is 7.05 Å². The molecule has 0 atom stereocenters. The second-order valence-corrected chi connectivity index (χ2v) is 4.19. The predicted octanol–water partition coefficient (Wildman–Crippen LogP) is 1.86. The average Bonchev–Trinajstić information content (AvgIpc) is 2.58. The number of carbonyl (C=O) groups excluding carboxylic acids is 1. The van der Waals surface area contributed by atoms with Gasteiger partial charge in [-0.2, -0.15) is 0 Å². The smallest absolute Gasteiger partial charge is 0.214 e. The van der Waals surface area contributed by atoms with E-state index in [1.165, 1.54) is 16.9 Å². The van der Waals surface area contributed by atoms with E-state index in [1.54, 1.807) is 13.1 Å². The number of aromatic nitrogens is 4. The van der Waals surface area contributed by atoms with Gasteiger partial charge in [0.25, 0.3) is 0 Å². The molecule has 0 N–H and O–H groups in total. The number of hydrogen-bond acceptors (Lipinski definition) is 4. The van der Waals surface area contributed by atoms with Crippen molar-refractivity contribution in [1.82, 2.24) is 20.0 Å². The Morgan fingerprint density at radius 2 is 2.31 bits per heavy atom. The minimum absolute atomic E-state index is 0.205. The molecule has 0 aliphatic carbocycles. The predicted molar refractivity (Wildman–Crippen MR) is 61.4 cm³/mol. The van der Waals surface area contributed by atoms with Gasteiger partial charge in [-0.3, -0.25) is 4.79 Å². The van der Waals surface area contributed by atoms with Crippen LogP contribution in [0.2, 0.25) is 5.15 Å². The summed E-state index contributed by atoms with van der Waals surface area (Å²) in [6.45, 7) is 0. The molecule has 82 valence electrons. The molecular weight excluding hydrogens is 295 g/mol. The van der Waals surface area contributed by atoms with E-state index >= 15 is 0 Å². The van der Waals surface area contributed by atoms with E-state index in [-0.39, 0.29) is 10.9 Å². The van der Waals surface area contributed by atoms with E-state index in [0.717, 1.165) is 0 Å². The van der Waals surface area contributed by atoms with E-state index in [1.807, 2.05) is 0 Å².